The van der Waals surface area contributed by atoms with Gasteiger partial charge >= 0.3 is 0 Å². The van der Waals surface area contributed by atoms with Gasteiger partial charge in [0.2, 0.25) is 0 Å². The smallest absolute Gasteiger partial charge is 0.251 e. The summed E-state index contributed by atoms with van der Waals surface area (Å²) in [6, 6.07) is 2.20. The van der Waals surface area contributed by atoms with E-state index in [0.29, 0.717) is 6.61 Å². The number of primary amides is 1. The maximum Gasteiger partial charge on any atom is 0.251 e. The Morgan fingerprint density at radius 1 is 1.64 bits per heavy atom. The van der Waals surface area contributed by atoms with Gasteiger partial charge in [-0.25, -0.2) is 4.39 Å². The van der Waals surface area contributed by atoms with Crippen LogP contribution in [0, 0.1) is 5.82 Å². The molecule has 2 N–H and O–H groups in total. The van der Waals surface area contributed by atoms with Gasteiger partial charge in [-0.15, -0.1) is 0 Å². The maximum atomic E-state index is 13.2. The minimum atomic E-state index is -0.854. The summed E-state index contributed by atoms with van der Waals surface area (Å²) in [6.45, 7) is 2.12. The highest BCUT2D eigenvalue weighted by Crippen LogP contribution is 2.27. The minimum Gasteiger partial charge on any atom is -0.492 e. The van der Waals surface area contributed by atoms with E-state index in [1.54, 1.807) is 6.92 Å². The Hall–Kier alpha value is -1.29. The van der Waals surface area contributed by atoms with Gasteiger partial charge in [0.25, 0.3) is 5.91 Å². The summed E-state index contributed by atoms with van der Waals surface area (Å²) in [6.07, 6.45) is 0. The van der Waals surface area contributed by atoms with Gasteiger partial charge < -0.3 is 10.5 Å². The zero-order chi connectivity index (χ0) is 10.7. The third-order valence-corrected chi connectivity index (χ3v) is 1.88. The molecule has 1 rings (SSSR count). The van der Waals surface area contributed by atoms with Crippen LogP contribution < -0.4 is 10.5 Å². The van der Waals surface area contributed by atoms with E-state index in [1.165, 1.54) is 0 Å². The van der Waals surface area contributed by atoms with Crippen molar-refractivity contribution < 1.29 is 13.9 Å². The molecule has 0 aromatic heterocycles. The third kappa shape index (κ3) is 2.14. The lowest BCUT2D eigenvalue weighted by molar-refractivity contribution is 0.0996. The van der Waals surface area contributed by atoms with Crippen LogP contribution in [0.3, 0.4) is 0 Å². The molecule has 0 unspecified atom stereocenters. The fourth-order valence-electron chi connectivity index (χ4n) is 0.984. The summed E-state index contributed by atoms with van der Waals surface area (Å²) in [5, 5.41) is 0.169. The van der Waals surface area contributed by atoms with E-state index in [2.05, 4.69) is 0 Å². The van der Waals surface area contributed by atoms with E-state index in [1.807, 2.05) is 0 Å². The molecule has 1 aromatic rings. The van der Waals surface area contributed by atoms with E-state index in [-0.39, 0.29) is 16.3 Å². The second-order valence-electron chi connectivity index (χ2n) is 2.56. The first kappa shape index (κ1) is 10.8. The number of hydrogen-bond donors (Lipinski definition) is 1. The van der Waals surface area contributed by atoms with Gasteiger partial charge in [0.1, 0.15) is 11.6 Å². The largest absolute Gasteiger partial charge is 0.492 e. The van der Waals surface area contributed by atoms with Crippen molar-refractivity contribution in [2.75, 3.05) is 6.61 Å². The molecule has 0 aliphatic rings. The first-order valence-corrected chi connectivity index (χ1v) is 4.35. The molecule has 0 aliphatic heterocycles. The van der Waals surface area contributed by atoms with Crippen molar-refractivity contribution in [1.82, 2.24) is 0 Å². The van der Waals surface area contributed by atoms with Gasteiger partial charge in [0, 0.05) is 6.07 Å². The third-order valence-electron chi connectivity index (χ3n) is 1.59. The molecule has 1 aromatic carbocycles. The van der Waals surface area contributed by atoms with Crippen molar-refractivity contribution in [3.05, 3.63) is 28.5 Å². The van der Waals surface area contributed by atoms with E-state index in [9.17, 15) is 9.18 Å². The summed E-state index contributed by atoms with van der Waals surface area (Å²) in [4.78, 5) is 10.7. The molecule has 0 heterocycles. The van der Waals surface area contributed by atoms with Crippen LogP contribution in [0.4, 0.5) is 4.39 Å². The van der Waals surface area contributed by atoms with Crippen LogP contribution in [-0.4, -0.2) is 12.5 Å². The molecule has 0 radical (unpaired) electrons. The number of ether oxygens (including phenoxy) is 1. The lowest BCUT2D eigenvalue weighted by atomic mass is 10.2. The van der Waals surface area contributed by atoms with Crippen LogP contribution in [0.5, 0.6) is 5.75 Å². The fraction of sp³-hybridized carbons (Fsp3) is 0.222. The molecule has 5 heteroatoms. The second-order valence-corrected chi connectivity index (χ2v) is 2.97. The zero-order valence-electron chi connectivity index (χ0n) is 7.51. The summed E-state index contributed by atoms with van der Waals surface area (Å²) < 4.78 is 18.2. The Bertz CT molecular complexity index is 368. The molecule has 0 fully saturated rings. The van der Waals surface area contributed by atoms with Crippen molar-refractivity contribution >= 4 is 17.5 Å². The van der Waals surface area contributed by atoms with Crippen molar-refractivity contribution in [2.45, 2.75) is 6.92 Å². The number of rotatable bonds is 3. The van der Waals surface area contributed by atoms with Crippen molar-refractivity contribution in [2.24, 2.45) is 5.73 Å². The Kier molecular flexibility index (Phi) is 3.30. The average Bonchev–Trinajstić information content (AvgIpc) is 2.10. The standard InChI is InChI=1S/C9H9ClFNO2/c1-2-14-8-4-7(11)5(9(12)13)3-6(8)10/h3-4H,2H2,1H3,(H2,12,13). The Labute approximate surface area is 85.6 Å². The zero-order valence-corrected chi connectivity index (χ0v) is 8.27. The minimum absolute atomic E-state index is 0.169. The number of nitrogens with two attached hydrogens (primary N) is 1. The molecule has 0 saturated heterocycles. The van der Waals surface area contributed by atoms with Gasteiger partial charge in [-0.3, -0.25) is 4.79 Å². The first-order chi connectivity index (χ1) is 6.56. The van der Waals surface area contributed by atoms with E-state index in [0.717, 1.165) is 12.1 Å². The van der Waals surface area contributed by atoms with Gasteiger partial charge in [-0.05, 0) is 13.0 Å². The fourth-order valence-corrected chi connectivity index (χ4v) is 1.20. The number of halogens is 2. The Balaban J connectivity index is 3.17. The van der Waals surface area contributed by atoms with E-state index in [4.69, 9.17) is 22.1 Å². The number of benzene rings is 1. The van der Waals surface area contributed by atoms with Crippen molar-refractivity contribution in [1.29, 1.82) is 0 Å². The SMILES string of the molecule is CCOc1cc(F)c(C(N)=O)cc1Cl. The molecule has 0 atom stereocenters. The van der Waals surface area contributed by atoms with Crippen LogP contribution in [0.25, 0.3) is 0 Å². The molecule has 0 aliphatic carbocycles. The molecule has 1 amide bonds. The molecular formula is C9H9ClFNO2. The number of amides is 1. The first-order valence-electron chi connectivity index (χ1n) is 3.98. The van der Waals surface area contributed by atoms with Gasteiger partial charge in [-0.1, -0.05) is 11.6 Å². The predicted octanol–water partition coefficient (Wildman–Crippen LogP) is 1.98. The van der Waals surface area contributed by atoms with Gasteiger partial charge in [0.15, 0.2) is 0 Å². The quantitative estimate of drug-likeness (QED) is 0.842. The Morgan fingerprint density at radius 2 is 2.29 bits per heavy atom. The number of hydrogen-bond acceptors (Lipinski definition) is 2. The molecule has 0 bridgehead atoms. The van der Waals surface area contributed by atoms with Gasteiger partial charge in [-0.2, -0.15) is 0 Å². The number of carbonyl (C=O) groups is 1. The van der Waals surface area contributed by atoms with Crippen LogP contribution in [0.1, 0.15) is 17.3 Å². The summed E-state index contributed by atoms with van der Waals surface area (Å²) in [5.41, 5.74) is 4.69. The molecule has 0 spiro atoms. The molecule has 76 valence electrons. The number of carbonyl (C=O) groups excluding carboxylic acids is 1. The molecule has 14 heavy (non-hydrogen) atoms. The predicted molar refractivity (Wildman–Crippen MR) is 51.1 cm³/mol. The topological polar surface area (TPSA) is 52.3 Å². The Morgan fingerprint density at radius 3 is 2.79 bits per heavy atom. The monoisotopic (exact) mass is 217 g/mol. The highest BCUT2D eigenvalue weighted by Gasteiger charge is 2.12. The highest BCUT2D eigenvalue weighted by atomic mass is 35.5. The van der Waals surface area contributed by atoms with Crippen LogP contribution in [0.2, 0.25) is 5.02 Å². The van der Waals surface area contributed by atoms with Crippen LogP contribution in [0.15, 0.2) is 12.1 Å². The van der Waals surface area contributed by atoms with Crippen molar-refractivity contribution in [3.63, 3.8) is 0 Å². The van der Waals surface area contributed by atoms with Gasteiger partial charge in [0.05, 0.1) is 17.2 Å². The summed E-state index contributed by atoms with van der Waals surface area (Å²) >= 11 is 5.72. The van der Waals surface area contributed by atoms with E-state index < -0.39 is 11.7 Å². The average molecular weight is 218 g/mol. The normalized spacial score (nSPS) is 9.93. The maximum absolute atomic E-state index is 13.2. The lowest BCUT2D eigenvalue weighted by Crippen LogP contribution is -2.13. The van der Waals surface area contributed by atoms with Crippen molar-refractivity contribution in [3.8, 4) is 5.75 Å². The highest BCUT2D eigenvalue weighted by molar-refractivity contribution is 6.32. The van der Waals surface area contributed by atoms with E-state index >= 15 is 0 Å². The molecule has 3 nitrogen and oxygen atoms in total. The van der Waals surface area contributed by atoms with Crippen LogP contribution in [-0.2, 0) is 0 Å². The second kappa shape index (κ2) is 4.28. The summed E-state index contributed by atoms with van der Waals surface area (Å²) in [7, 11) is 0. The molecule has 0 saturated carbocycles. The van der Waals surface area contributed by atoms with Crippen LogP contribution >= 0.6 is 11.6 Å². The lowest BCUT2D eigenvalue weighted by Gasteiger charge is -2.07. The summed E-state index contributed by atoms with van der Waals surface area (Å²) in [5.74, 6) is -1.38. The molecular weight excluding hydrogens is 209 g/mol.